The summed E-state index contributed by atoms with van der Waals surface area (Å²) in [6.07, 6.45) is 2.09. The molecule has 0 fully saturated rings. The first-order chi connectivity index (χ1) is 10.2. The van der Waals surface area contributed by atoms with Crippen molar-refractivity contribution in [1.82, 2.24) is 10.6 Å². The first-order valence-corrected chi connectivity index (χ1v) is 9.02. The van der Waals surface area contributed by atoms with E-state index in [1.165, 1.54) is 0 Å². The summed E-state index contributed by atoms with van der Waals surface area (Å²) in [6, 6.07) is 3.99. The Labute approximate surface area is 138 Å². The number of guanidine groups is 1. The number of thioether (sulfide) groups is 1. The van der Waals surface area contributed by atoms with Crippen LogP contribution in [0.25, 0.3) is 0 Å². The third-order valence-corrected chi connectivity index (χ3v) is 4.05. The first kappa shape index (κ1) is 16.3. The van der Waals surface area contributed by atoms with Crippen LogP contribution in [0.3, 0.4) is 0 Å². The lowest BCUT2D eigenvalue weighted by atomic mass is 10.2. The maximum absolute atomic E-state index is 5.42. The Hall–Kier alpha value is -1.08. The van der Waals surface area contributed by atoms with E-state index in [1.807, 2.05) is 23.9 Å². The molecule has 0 bridgehead atoms. The van der Waals surface area contributed by atoms with Gasteiger partial charge in [-0.05, 0) is 46.8 Å². The molecule has 0 aromatic heterocycles. The lowest BCUT2D eigenvalue weighted by molar-refractivity contribution is 0.173. The van der Waals surface area contributed by atoms with Crippen molar-refractivity contribution in [3.05, 3.63) is 22.2 Å². The number of rotatable bonds is 6. The van der Waals surface area contributed by atoms with Gasteiger partial charge in [0, 0.05) is 18.8 Å². The highest BCUT2D eigenvalue weighted by Crippen LogP contribution is 2.40. The van der Waals surface area contributed by atoms with E-state index in [-0.39, 0.29) is 6.79 Å². The van der Waals surface area contributed by atoms with Gasteiger partial charge >= 0.3 is 0 Å². The summed E-state index contributed by atoms with van der Waals surface area (Å²) in [7, 11) is 0. The molecule has 0 saturated carbocycles. The molecule has 0 unspecified atom stereocenters. The van der Waals surface area contributed by atoms with Gasteiger partial charge in [-0.1, -0.05) is 0 Å². The summed E-state index contributed by atoms with van der Waals surface area (Å²) in [5, 5.41) is 6.55. The molecule has 0 spiro atoms. The summed E-state index contributed by atoms with van der Waals surface area (Å²) < 4.78 is 11.7. The van der Waals surface area contributed by atoms with E-state index < -0.39 is 0 Å². The number of hydrogen-bond acceptors (Lipinski definition) is 4. The molecule has 1 aromatic rings. The van der Waals surface area contributed by atoms with Crippen molar-refractivity contribution in [3.8, 4) is 11.5 Å². The van der Waals surface area contributed by atoms with Crippen molar-refractivity contribution in [2.45, 2.75) is 13.5 Å². The van der Waals surface area contributed by atoms with E-state index in [0.717, 1.165) is 46.3 Å². The number of fused-ring (bicyclic) bond motifs is 1. The van der Waals surface area contributed by atoms with Gasteiger partial charge in [0.05, 0.1) is 11.0 Å². The lowest BCUT2D eigenvalue weighted by Crippen LogP contribution is -2.38. The summed E-state index contributed by atoms with van der Waals surface area (Å²) in [5.41, 5.74) is 1.08. The summed E-state index contributed by atoms with van der Waals surface area (Å²) in [6.45, 7) is 4.67. The second-order valence-electron chi connectivity index (χ2n) is 4.43. The third-order valence-electron chi connectivity index (χ3n) is 2.85. The van der Waals surface area contributed by atoms with Crippen molar-refractivity contribution < 1.29 is 9.47 Å². The highest BCUT2D eigenvalue weighted by Gasteiger charge is 2.17. The number of nitrogens with zero attached hydrogens (tertiary/aromatic N) is 1. The van der Waals surface area contributed by atoms with Crippen LogP contribution in [0.2, 0.25) is 0 Å². The quantitative estimate of drug-likeness (QED) is 0.456. The van der Waals surface area contributed by atoms with Crippen molar-refractivity contribution in [2.24, 2.45) is 4.99 Å². The van der Waals surface area contributed by atoms with Gasteiger partial charge in [-0.15, -0.1) is 0 Å². The van der Waals surface area contributed by atoms with Gasteiger partial charge < -0.3 is 20.1 Å². The number of benzene rings is 1. The monoisotopic (exact) mass is 373 g/mol. The molecular weight excluding hydrogens is 354 g/mol. The SMILES string of the molecule is CCNC(=NCc1cc(Br)c2c(c1)OCO2)NCCSC. The fourth-order valence-electron chi connectivity index (χ4n) is 1.90. The average Bonchev–Trinajstić information content (AvgIpc) is 2.94. The smallest absolute Gasteiger partial charge is 0.231 e. The van der Waals surface area contributed by atoms with Crippen LogP contribution < -0.4 is 20.1 Å². The predicted molar refractivity (Wildman–Crippen MR) is 91.5 cm³/mol. The topological polar surface area (TPSA) is 54.9 Å². The summed E-state index contributed by atoms with van der Waals surface area (Å²) >= 11 is 5.31. The molecule has 1 heterocycles. The number of ether oxygens (including phenoxy) is 2. The zero-order valence-corrected chi connectivity index (χ0v) is 14.6. The maximum Gasteiger partial charge on any atom is 0.231 e. The molecule has 0 saturated heterocycles. The van der Waals surface area contributed by atoms with Crippen LogP contribution in [0, 0.1) is 0 Å². The highest BCUT2D eigenvalue weighted by molar-refractivity contribution is 9.10. The lowest BCUT2D eigenvalue weighted by Gasteiger charge is -2.11. The van der Waals surface area contributed by atoms with Crippen LogP contribution in [0.1, 0.15) is 12.5 Å². The average molecular weight is 374 g/mol. The largest absolute Gasteiger partial charge is 0.454 e. The molecule has 0 atom stereocenters. The van der Waals surface area contributed by atoms with Gasteiger partial charge in [0.25, 0.3) is 0 Å². The van der Waals surface area contributed by atoms with E-state index in [4.69, 9.17) is 9.47 Å². The standard InChI is InChI=1S/C14H20BrN3O2S/c1-3-16-14(17-4-5-21-2)18-8-10-6-11(15)13-12(7-10)19-9-20-13/h6-7H,3-5,8-9H2,1-2H3,(H2,16,17,18). The Morgan fingerprint density at radius 3 is 3.00 bits per heavy atom. The van der Waals surface area contributed by atoms with Crippen LogP contribution in [-0.4, -0.2) is 37.9 Å². The second kappa shape index (κ2) is 8.38. The van der Waals surface area contributed by atoms with E-state index in [1.54, 1.807) is 0 Å². The molecule has 1 aliphatic rings. The van der Waals surface area contributed by atoms with Gasteiger partial charge in [-0.3, -0.25) is 0 Å². The van der Waals surface area contributed by atoms with Crippen molar-refractivity contribution in [1.29, 1.82) is 0 Å². The van der Waals surface area contributed by atoms with Crippen molar-refractivity contribution in [2.75, 3.05) is 31.9 Å². The van der Waals surface area contributed by atoms with Gasteiger partial charge in [-0.2, -0.15) is 11.8 Å². The minimum absolute atomic E-state index is 0.277. The Balaban J connectivity index is 2.01. The Bertz CT molecular complexity index is 511. The highest BCUT2D eigenvalue weighted by atomic mass is 79.9. The van der Waals surface area contributed by atoms with E-state index in [2.05, 4.69) is 44.7 Å². The summed E-state index contributed by atoms with van der Waals surface area (Å²) in [5.74, 6) is 3.43. The van der Waals surface area contributed by atoms with Crippen LogP contribution in [0.5, 0.6) is 11.5 Å². The molecular formula is C14H20BrN3O2S. The molecule has 1 aliphatic heterocycles. The van der Waals surface area contributed by atoms with E-state index in [9.17, 15) is 0 Å². The zero-order chi connectivity index (χ0) is 15.1. The normalized spacial score (nSPS) is 13.4. The molecule has 2 rings (SSSR count). The minimum Gasteiger partial charge on any atom is -0.454 e. The third kappa shape index (κ3) is 4.71. The second-order valence-corrected chi connectivity index (χ2v) is 6.27. The van der Waals surface area contributed by atoms with Gasteiger partial charge in [-0.25, -0.2) is 4.99 Å². The minimum atomic E-state index is 0.277. The van der Waals surface area contributed by atoms with E-state index >= 15 is 0 Å². The number of aliphatic imine (C=N–C) groups is 1. The van der Waals surface area contributed by atoms with Gasteiger partial charge in [0.1, 0.15) is 0 Å². The molecule has 21 heavy (non-hydrogen) atoms. The molecule has 1 aromatic carbocycles. The molecule has 2 N–H and O–H groups in total. The molecule has 5 nitrogen and oxygen atoms in total. The van der Waals surface area contributed by atoms with Crippen LogP contribution in [0.4, 0.5) is 0 Å². The summed E-state index contributed by atoms with van der Waals surface area (Å²) in [4.78, 5) is 4.59. The zero-order valence-electron chi connectivity index (χ0n) is 12.2. The molecule has 0 aliphatic carbocycles. The van der Waals surface area contributed by atoms with Gasteiger partial charge in [0.2, 0.25) is 6.79 Å². The van der Waals surface area contributed by atoms with Crippen LogP contribution >= 0.6 is 27.7 Å². The fraction of sp³-hybridized carbons (Fsp3) is 0.500. The number of halogens is 1. The Morgan fingerprint density at radius 2 is 2.24 bits per heavy atom. The van der Waals surface area contributed by atoms with Gasteiger partial charge in [0.15, 0.2) is 17.5 Å². The van der Waals surface area contributed by atoms with Crippen molar-refractivity contribution >= 4 is 33.7 Å². The molecule has 0 amide bonds. The van der Waals surface area contributed by atoms with E-state index in [0.29, 0.717) is 6.54 Å². The Kier molecular flexibility index (Phi) is 6.50. The molecule has 0 radical (unpaired) electrons. The molecule has 116 valence electrons. The predicted octanol–water partition coefficient (Wildman–Crippen LogP) is 2.60. The molecule has 7 heteroatoms. The van der Waals surface area contributed by atoms with Crippen LogP contribution in [0.15, 0.2) is 21.6 Å². The maximum atomic E-state index is 5.42. The van der Waals surface area contributed by atoms with Crippen molar-refractivity contribution in [3.63, 3.8) is 0 Å². The first-order valence-electron chi connectivity index (χ1n) is 6.83. The fourth-order valence-corrected chi connectivity index (χ4v) is 2.81. The number of nitrogens with one attached hydrogen (secondary N) is 2. The Morgan fingerprint density at radius 1 is 1.38 bits per heavy atom. The van der Waals surface area contributed by atoms with Crippen LogP contribution in [-0.2, 0) is 6.54 Å². The number of hydrogen-bond donors (Lipinski definition) is 2.